The van der Waals surface area contributed by atoms with Crippen LogP contribution in [0.4, 0.5) is 0 Å². The van der Waals surface area contributed by atoms with Crippen LogP contribution in [0, 0.1) is 28.8 Å². The summed E-state index contributed by atoms with van der Waals surface area (Å²) < 4.78 is 13.4. The van der Waals surface area contributed by atoms with Crippen LogP contribution in [0.2, 0.25) is 55.9 Å². The number of rotatable bonds is 6. The molecule has 0 aliphatic carbocycles. The Balaban J connectivity index is 3.57. The van der Waals surface area contributed by atoms with E-state index >= 15 is 0 Å². The van der Waals surface area contributed by atoms with Gasteiger partial charge >= 0.3 is 0 Å². The molecule has 1 aliphatic heterocycles. The molecule has 1 fully saturated rings. The van der Waals surface area contributed by atoms with Crippen molar-refractivity contribution >= 4 is 24.5 Å². The van der Waals surface area contributed by atoms with E-state index < -0.39 is 54.8 Å². The number of aliphatic hydroxyl groups is 2. The highest BCUT2D eigenvalue weighted by atomic mass is 28.4. The van der Waals surface area contributed by atoms with Crippen LogP contribution in [0.5, 0.6) is 0 Å². The fourth-order valence-corrected chi connectivity index (χ4v) is 11.5. The minimum atomic E-state index is -2.29. The largest absolute Gasteiger partial charge is 0.407 e. The first kappa shape index (κ1) is 29.6. The quantitative estimate of drug-likeness (QED) is 0.399. The Morgan fingerprint density at radius 1 is 0.812 bits per heavy atom. The van der Waals surface area contributed by atoms with Gasteiger partial charge in [0.1, 0.15) is 28.4 Å². The van der Waals surface area contributed by atoms with Crippen LogP contribution in [-0.4, -0.2) is 65.7 Å². The summed E-state index contributed by atoms with van der Waals surface area (Å²) in [7, 11) is -5.61. The molecule has 0 aromatic heterocycles. The van der Waals surface area contributed by atoms with Crippen molar-refractivity contribution < 1.29 is 19.4 Å². The van der Waals surface area contributed by atoms with Crippen molar-refractivity contribution in [1.29, 1.82) is 0 Å². The van der Waals surface area contributed by atoms with E-state index in [0.717, 1.165) is 0 Å². The van der Waals surface area contributed by atoms with E-state index in [9.17, 15) is 10.2 Å². The van der Waals surface area contributed by atoms with Gasteiger partial charge in [-0.3, -0.25) is 0 Å². The molecule has 0 amide bonds. The molecule has 184 valence electrons. The molecule has 32 heavy (non-hydrogen) atoms. The molecule has 5 atom stereocenters. The lowest BCUT2D eigenvalue weighted by molar-refractivity contribution is -0.173. The van der Waals surface area contributed by atoms with Gasteiger partial charge in [0, 0.05) is 0 Å². The van der Waals surface area contributed by atoms with E-state index in [2.05, 4.69) is 104 Å². The zero-order valence-corrected chi connectivity index (χ0v) is 25.5. The third-order valence-corrected chi connectivity index (χ3v) is 14.0. The van der Waals surface area contributed by atoms with Crippen molar-refractivity contribution in [3.63, 3.8) is 0 Å². The highest BCUT2D eigenvalue weighted by Crippen LogP contribution is 2.45. The standard InChI is InChI=1S/C25H48O4Si3/c1-18(2)32(19(3)4,20(5)6)29-25-22(14-16-31(10,11)12)28-23(17-26)21(24(25)27)13-15-30(7,8)9/h18-27H,17H2,1-12H3/t21-,22+,23-,24+,25-/m1/s1. The van der Waals surface area contributed by atoms with E-state index in [1.165, 1.54) is 0 Å². The van der Waals surface area contributed by atoms with Crippen LogP contribution in [0.3, 0.4) is 0 Å². The Morgan fingerprint density at radius 3 is 1.62 bits per heavy atom. The number of ether oxygens (including phenoxy) is 1. The fraction of sp³-hybridized carbons (Fsp3) is 0.840. The van der Waals surface area contributed by atoms with E-state index in [0.29, 0.717) is 16.6 Å². The molecule has 1 rings (SSSR count). The van der Waals surface area contributed by atoms with E-state index in [1.807, 2.05) is 0 Å². The second-order valence-electron chi connectivity index (χ2n) is 12.2. The molecule has 7 heteroatoms. The van der Waals surface area contributed by atoms with Crippen molar-refractivity contribution in [2.75, 3.05) is 6.61 Å². The maximum Gasteiger partial charge on any atom is 0.201 e. The second-order valence-corrected chi connectivity index (χ2v) is 27.1. The summed E-state index contributed by atoms with van der Waals surface area (Å²) in [5.74, 6) is 6.11. The van der Waals surface area contributed by atoms with Crippen molar-refractivity contribution in [3.8, 4) is 22.9 Å². The SMILES string of the molecule is CC(C)[Si](O[C@H]1[C@@H](O)[C@H](C#C[Si](C)(C)C)[C@@H](CO)O[C@H]1C#C[Si](C)(C)C)(C(C)C)C(C)C. The highest BCUT2D eigenvalue weighted by molar-refractivity contribution is 6.84. The summed E-state index contributed by atoms with van der Waals surface area (Å²) in [4.78, 5) is 0. The van der Waals surface area contributed by atoms with Gasteiger partial charge < -0.3 is 19.4 Å². The van der Waals surface area contributed by atoms with Gasteiger partial charge in [-0.2, -0.15) is 0 Å². The predicted octanol–water partition coefficient (Wildman–Crippen LogP) is 5.05. The highest BCUT2D eigenvalue weighted by Gasteiger charge is 2.52. The monoisotopic (exact) mass is 496 g/mol. The van der Waals surface area contributed by atoms with E-state index in [1.54, 1.807) is 0 Å². The third-order valence-electron chi connectivity index (χ3n) is 6.16. The van der Waals surface area contributed by atoms with Gasteiger partial charge in [-0.1, -0.05) is 86.7 Å². The zero-order chi connectivity index (χ0) is 25.1. The summed E-state index contributed by atoms with van der Waals surface area (Å²) in [5.41, 5.74) is 7.91. The molecule has 0 spiro atoms. The normalized spacial score (nSPS) is 27.2. The molecular formula is C25H48O4Si3. The summed E-state index contributed by atoms with van der Waals surface area (Å²) in [6, 6.07) is 0. The van der Waals surface area contributed by atoms with E-state index in [4.69, 9.17) is 9.16 Å². The second kappa shape index (κ2) is 11.4. The molecule has 0 radical (unpaired) electrons. The van der Waals surface area contributed by atoms with Gasteiger partial charge in [0.2, 0.25) is 8.32 Å². The average Bonchev–Trinajstić information content (AvgIpc) is 2.61. The van der Waals surface area contributed by atoms with Crippen LogP contribution in [-0.2, 0) is 9.16 Å². The molecule has 0 bridgehead atoms. The van der Waals surface area contributed by atoms with Crippen molar-refractivity contribution in [2.45, 2.75) is 122 Å². The maximum atomic E-state index is 11.6. The Kier molecular flexibility index (Phi) is 10.5. The molecule has 0 unspecified atom stereocenters. The zero-order valence-electron chi connectivity index (χ0n) is 22.5. The molecule has 1 aliphatic rings. The van der Waals surface area contributed by atoms with Crippen LogP contribution < -0.4 is 0 Å². The average molecular weight is 497 g/mol. The number of hydrogen-bond acceptors (Lipinski definition) is 4. The topological polar surface area (TPSA) is 58.9 Å². The summed E-state index contributed by atoms with van der Waals surface area (Å²) in [6.45, 7) is 26.3. The Bertz CT molecular complexity index is 707. The van der Waals surface area contributed by atoms with Gasteiger partial charge in [-0.15, -0.1) is 17.0 Å². The maximum absolute atomic E-state index is 11.6. The Hall–Kier alpha value is -0.389. The smallest absolute Gasteiger partial charge is 0.201 e. The minimum absolute atomic E-state index is 0.193. The molecule has 0 saturated carbocycles. The Labute approximate surface area is 201 Å². The number of aliphatic hydroxyl groups excluding tert-OH is 2. The molecule has 1 heterocycles. The third kappa shape index (κ3) is 7.56. The molecule has 2 N–H and O–H groups in total. The van der Waals surface area contributed by atoms with Crippen molar-refractivity contribution in [2.24, 2.45) is 5.92 Å². The number of hydrogen-bond donors (Lipinski definition) is 2. The van der Waals surface area contributed by atoms with Crippen LogP contribution in [0.25, 0.3) is 0 Å². The summed E-state index contributed by atoms with van der Waals surface area (Å²) >= 11 is 0. The van der Waals surface area contributed by atoms with Gasteiger partial charge in [0.25, 0.3) is 0 Å². The van der Waals surface area contributed by atoms with Crippen LogP contribution in [0.1, 0.15) is 41.5 Å². The van der Waals surface area contributed by atoms with Crippen molar-refractivity contribution in [1.82, 2.24) is 0 Å². The van der Waals surface area contributed by atoms with Crippen molar-refractivity contribution in [3.05, 3.63) is 0 Å². The van der Waals surface area contributed by atoms with Gasteiger partial charge in [-0.25, -0.2) is 0 Å². The lowest BCUT2D eigenvalue weighted by Gasteiger charge is -2.49. The molecule has 0 aromatic carbocycles. The first-order valence-electron chi connectivity index (χ1n) is 12.1. The summed E-state index contributed by atoms with van der Waals surface area (Å²) in [6.07, 6.45) is -2.56. The lowest BCUT2D eigenvalue weighted by Crippen LogP contribution is -2.61. The fourth-order valence-electron chi connectivity index (χ4n) is 4.77. The predicted molar refractivity (Wildman–Crippen MR) is 143 cm³/mol. The van der Waals surface area contributed by atoms with E-state index in [-0.39, 0.29) is 6.61 Å². The summed E-state index contributed by atoms with van der Waals surface area (Å²) in [5, 5.41) is 21.7. The Morgan fingerprint density at radius 2 is 1.25 bits per heavy atom. The minimum Gasteiger partial charge on any atom is -0.407 e. The van der Waals surface area contributed by atoms with Gasteiger partial charge in [0.05, 0.1) is 24.7 Å². The molecule has 1 saturated heterocycles. The van der Waals surface area contributed by atoms with Gasteiger partial charge in [-0.05, 0) is 16.6 Å². The first-order chi connectivity index (χ1) is 14.5. The molecular weight excluding hydrogens is 449 g/mol. The first-order valence-corrected chi connectivity index (χ1v) is 21.3. The van der Waals surface area contributed by atoms with Gasteiger partial charge in [0.15, 0.2) is 0 Å². The van der Waals surface area contributed by atoms with Crippen LogP contribution in [0.15, 0.2) is 0 Å². The van der Waals surface area contributed by atoms with Crippen LogP contribution >= 0.6 is 0 Å². The molecule has 4 nitrogen and oxygen atoms in total. The molecule has 0 aromatic rings. The lowest BCUT2D eigenvalue weighted by atomic mass is 9.87.